The highest BCUT2D eigenvalue weighted by molar-refractivity contribution is 5.98. The van der Waals surface area contributed by atoms with E-state index in [2.05, 4.69) is 5.32 Å². The van der Waals surface area contributed by atoms with E-state index in [0.29, 0.717) is 25.2 Å². The minimum absolute atomic E-state index is 0. The molecule has 0 bridgehead atoms. The van der Waals surface area contributed by atoms with E-state index >= 15 is 0 Å². The number of Topliss-reactive ketones (excluding diaryl/α,β-unsaturated/α-hetero) is 1. The molecule has 2 aromatic carbocycles. The Bertz CT molecular complexity index is 814. The van der Waals surface area contributed by atoms with Crippen LogP contribution in [0.1, 0.15) is 34.8 Å². The van der Waals surface area contributed by atoms with Crippen molar-refractivity contribution in [2.75, 3.05) is 26.7 Å². The number of hydrogen-bond acceptors (Lipinski definition) is 4. The topological polar surface area (TPSA) is 58.6 Å². The lowest BCUT2D eigenvalue weighted by Gasteiger charge is -2.37. The first-order chi connectivity index (χ1) is 13.1. The summed E-state index contributed by atoms with van der Waals surface area (Å²) in [6.07, 6.45) is 0.231. The van der Waals surface area contributed by atoms with Crippen molar-refractivity contribution < 1.29 is 18.7 Å². The quantitative estimate of drug-likeness (QED) is 0.747. The smallest absolute Gasteiger partial charge is 0.223 e. The van der Waals surface area contributed by atoms with Crippen molar-refractivity contribution in [3.8, 4) is 5.75 Å². The Kier molecular flexibility index (Phi) is 7.96. The van der Waals surface area contributed by atoms with Crippen LogP contribution in [0.15, 0.2) is 48.5 Å². The third-order valence-corrected chi connectivity index (χ3v) is 4.79. The number of nitrogens with zero attached hydrogens (tertiary/aromatic N) is 1. The van der Waals surface area contributed by atoms with Crippen LogP contribution in [0.3, 0.4) is 0 Å². The van der Waals surface area contributed by atoms with Crippen molar-refractivity contribution in [2.24, 2.45) is 0 Å². The van der Waals surface area contributed by atoms with Gasteiger partial charge >= 0.3 is 0 Å². The summed E-state index contributed by atoms with van der Waals surface area (Å²) in [5.41, 5.74) is 1.37. The molecule has 1 fully saturated rings. The van der Waals surface area contributed by atoms with Crippen LogP contribution in [0.2, 0.25) is 0 Å². The van der Waals surface area contributed by atoms with E-state index in [-0.39, 0.29) is 48.8 Å². The number of rotatable bonds is 6. The van der Waals surface area contributed by atoms with Crippen molar-refractivity contribution in [3.63, 3.8) is 0 Å². The van der Waals surface area contributed by atoms with Gasteiger partial charge in [-0.25, -0.2) is 4.39 Å². The van der Waals surface area contributed by atoms with Crippen LogP contribution in [-0.4, -0.2) is 43.3 Å². The molecule has 5 nitrogen and oxygen atoms in total. The highest BCUT2D eigenvalue weighted by atomic mass is 35.5. The molecule has 1 heterocycles. The first-order valence-corrected chi connectivity index (χ1v) is 9.02. The maximum atomic E-state index is 13.0. The Labute approximate surface area is 170 Å². The Morgan fingerprint density at radius 2 is 1.86 bits per heavy atom. The van der Waals surface area contributed by atoms with Gasteiger partial charge in [-0.2, -0.15) is 0 Å². The second-order valence-electron chi connectivity index (χ2n) is 6.48. The first kappa shape index (κ1) is 21.9. The molecule has 0 radical (unpaired) electrons. The maximum absolute atomic E-state index is 13.0. The van der Waals surface area contributed by atoms with Gasteiger partial charge in [-0.1, -0.05) is 18.2 Å². The van der Waals surface area contributed by atoms with Crippen LogP contribution >= 0.6 is 12.4 Å². The molecule has 1 aliphatic heterocycles. The van der Waals surface area contributed by atoms with Gasteiger partial charge in [0, 0.05) is 43.6 Å². The first-order valence-electron chi connectivity index (χ1n) is 9.02. The van der Waals surface area contributed by atoms with Crippen molar-refractivity contribution in [1.82, 2.24) is 10.2 Å². The molecule has 1 atom stereocenters. The van der Waals surface area contributed by atoms with E-state index < -0.39 is 0 Å². The Morgan fingerprint density at radius 1 is 1.14 bits per heavy atom. The summed E-state index contributed by atoms with van der Waals surface area (Å²) in [4.78, 5) is 26.9. The molecule has 0 aromatic heterocycles. The number of methoxy groups -OCH3 is 1. The number of nitrogens with one attached hydrogen (secondary N) is 1. The van der Waals surface area contributed by atoms with Gasteiger partial charge in [-0.3, -0.25) is 9.59 Å². The number of piperazine rings is 1. The molecule has 0 aliphatic carbocycles. The molecule has 2 aromatic rings. The number of halogens is 2. The summed E-state index contributed by atoms with van der Waals surface area (Å²) < 4.78 is 18.4. The normalized spacial score (nSPS) is 16.2. The summed E-state index contributed by atoms with van der Waals surface area (Å²) in [5.74, 6) is 0.129. The summed E-state index contributed by atoms with van der Waals surface area (Å²) in [6.45, 7) is 1.92. The molecule has 1 N–H and O–H groups in total. The molecule has 28 heavy (non-hydrogen) atoms. The Balaban J connectivity index is 0.00000280. The fourth-order valence-electron chi connectivity index (χ4n) is 3.37. The number of carbonyl (C=O) groups is 2. The molecular formula is C21H24ClFN2O3. The van der Waals surface area contributed by atoms with E-state index in [1.54, 1.807) is 7.11 Å². The fourth-order valence-corrected chi connectivity index (χ4v) is 3.37. The van der Waals surface area contributed by atoms with Crippen molar-refractivity contribution in [2.45, 2.75) is 18.9 Å². The Morgan fingerprint density at radius 3 is 2.57 bits per heavy atom. The van der Waals surface area contributed by atoms with Crippen LogP contribution in [0.25, 0.3) is 0 Å². The van der Waals surface area contributed by atoms with E-state index in [0.717, 1.165) is 11.3 Å². The minimum atomic E-state index is -0.386. The molecule has 0 spiro atoms. The molecule has 3 rings (SSSR count). The van der Waals surface area contributed by atoms with Crippen LogP contribution in [0.4, 0.5) is 4.39 Å². The zero-order valence-electron chi connectivity index (χ0n) is 15.7. The van der Waals surface area contributed by atoms with Gasteiger partial charge in [0.05, 0.1) is 13.2 Å². The summed E-state index contributed by atoms with van der Waals surface area (Å²) in [7, 11) is 1.61. The summed E-state index contributed by atoms with van der Waals surface area (Å²) in [6, 6.07) is 12.9. The van der Waals surface area contributed by atoms with E-state index in [9.17, 15) is 14.0 Å². The fraction of sp³-hybridized carbons (Fsp3) is 0.333. The SMILES string of the molecule is COc1ccccc1C1CNCCN1C(=O)CCC(=O)c1ccc(F)cc1.Cl. The van der Waals surface area contributed by atoms with Crippen LogP contribution < -0.4 is 10.1 Å². The zero-order valence-corrected chi connectivity index (χ0v) is 16.5. The molecule has 150 valence electrons. The third-order valence-electron chi connectivity index (χ3n) is 4.79. The number of hydrogen-bond donors (Lipinski definition) is 1. The molecule has 1 aliphatic rings. The predicted molar refractivity (Wildman–Crippen MR) is 108 cm³/mol. The van der Waals surface area contributed by atoms with Gasteiger partial charge in [0.1, 0.15) is 11.6 Å². The molecule has 7 heteroatoms. The number of ether oxygens (including phenoxy) is 1. The largest absolute Gasteiger partial charge is 0.496 e. The van der Waals surface area contributed by atoms with Gasteiger partial charge in [0.2, 0.25) is 5.91 Å². The van der Waals surface area contributed by atoms with E-state index in [4.69, 9.17) is 4.74 Å². The van der Waals surface area contributed by atoms with Crippen LogP contribution in [-0.2, 0) is 4.79 Å². The van der Waals surface area contributed by atoms with E-state index in [1.807, 2.05) is 29.2 Å². The zero-order chi connectivity index (χ0) is 19.2. The Hall–Kier alpha value is -2.44. The molecule has 1 unspecified atom stereocenters. The van der Waals surface area contributed by atoms with Gasteiger partial charge in [-0.05, 0) is 30.3 Å². The predicted octanol–water partition coefficient (Wildman–Crippen LogP) is 3.39. The average molecular weight is 407 g/mol. The summed E-state index contributed by atoms with van der Waals surface area (Å²) >= 11 is 0. The number of ketones is 1. The monoisotopic (exact) mass is 406 g/mol. The number of carbonyl (C=O) groups excluding carboxylic acids is 2. The second-order valence-corrected chi connectivity index (χ2v) is 6.48. The molecular weight excluding hydrogens is 383 g/mol. The average Bonchev–Trinajstić information content (AvgIpc) is 2.72. The summed E-state index contributed by atoms with van der Waals surface area (Å²) in [5, 5.41) is 3.31. The molecule has 1 saturated heterocycles. The molecule has 1 amide bonds. The lowest BCUT2D eigenvalue weighted by Crippen LogP contribution is -2.48. The van der Waals surface area contributed by atoms with Crippen molar-refractivity contribution in [3.05, 3.63) is 65.5 Å². The second kappa shape index (κ2) is 10.2. The number of para-hydroxylation sites is 1. The van der Waals surface area contributed by atoms with Crippen LogP contribution in [0.5, 0.6) is 5.75 Å². The lowest BCUT2D eigenvalue weighted by molar-refractivity contribution is -0.134. The minimum Gasteiger partial charge on any atom is -0.496 e. The third kappa shape index (κ3) is 5.09. The highest BCUT2D eigenvalue weighted by Crippen LogP contribution is 2.30. The highest BCUT2D eigenvalue weighted by Gasteiger charge is 2.29. The standard InChI is InChI=1S/C21H23FN2O3.ClH/c1-27-20-5-3-2-4-17(20)18-14-23-12-13-24(18)21(26)11-10-19(25)15-6-8-16(22)9-7-15;/h2-9,18,23H,10-14H2,1H3;1H. The van der Waals surface area contributed by atoms with E-state index in [1.165, 1.54) is 24.3 Å². The maximum Gasteiger partial charge on any atom is 0.223 e. The van der Waals surface area contributed by atoms with Crippen molar-refractivity contribution >= 4 is 24.1 Å². The number of benzene rings is 2. The van der Waals surface area contributed by atoms with Crippen molar-refractivity contribution in [1.29, 1.82) is 0 Å². The van der Waals surface area contributed by atoms with Gasteiger partial charge < -0.3 is 15.0 Å². The van der Waals surface area contributed by atoms with Gasteiger partial charge in [0.25, 0.3) is 0 Å². The van der Waals surface area contributed by atoms with Gasteiger partial charge in [-0.15, -0.1) is 12.4 Å². The van der Waals surface area contributed by atoms with Gasteiger partial charge in [0.15, 0.2) is 5.78 Å². The molecule has 0 saturated carbocycles. The van der Waals surface area contributed by atoms with Crippen LogP contribution in [0, 0.1) is 5.82 Å². The number of amides is 1. The lowest BCUT2D eigenvalue weighted by atomic mass is 10.0.